The van der Waals surface area contributed by atoms with E-state index in [2.05, 4.69) is 0 Å². The molecule has 6 nitrogen and oxygen atoms in total. The number of aryl methyl sites for hydroxylation is 1. The molecule has 0 aliphatic heterocycles. The van der Waals surface area contributed by atoms with Crippen LogP contribution in [0.1, 0.15) is 0 Å². The fourth-order valence-electron chi connectivity index (χ4n) is 2.97. The summed E-state index contributed by atoms with van der Waals surface area (Å²) in [5.74, 6) is 0. The van der Waals surface area contributed by atoms with Crippen LogP contribution in [0.15, 0.2) is 84.5 Å². The first-order valence-electron chi connectivity index (χ1n) is 7.77. The smallest absolute Gasteiger partial charge is 0.355 e. The molecule has 4 rings (SSSR count). The highest BCUT2D eigenvalue weighted by Gasteiger charge is 2.24. The summed E-state index contributed by atoms with van der Waals surface area (Å²) in [4.78, 5) is 24.5. The Kier molecular flexibility index (Phi) is 3.55. The molecule has 0 bridgehead atoms. The Hall–Kier alpha value is -3.19. The van der Waals surface area contributed by atoms with Crippen molar-refractivity contribution in [1.82, 2.24) is 4.57 Å². The first-order chi connectivity index (χ1) is 12.4. The van der Waals surface area contributed by atoms with E-state index < -0.39 is 25.9 Å². The Morgan fingerprint density at radius 2 is 1.54 bits per heavy atom. The normalized spacial score (nSPS) is 11.9. The fourth-order valence-corrected chi connectivity index (χ4v) is 4.28. The predicted octanol–water partition coefficient (Wildman–Crippen LogP) is 2.48. The van der Waals surface area contributed by atoms with E-state index >= 15 is 0 Å². The number of fused-ring (bicyclic) bond motifs is 3. The number of sulfone groups is 1. The van der Waals surface area contributed by atoms with Gasteiger partial charge in [-0.1, -0.05) is 30.3 Å². The van der Waals surface area contributed by atoms with E-state index in [1.54, 1.807) is 49.5 Å². The Morgan fingerprint density at radius 3 is 2.27 bits per heavy atom. The summed E-state index contributed by atoms with van der Waals surface area (Å²) in [6, 6.07) is 15.6. The second-order valence-electron chi connectivity index (χ2n) is 5.84. The topological polar surface area (TPSA) is 86.4 Å². The summed E-state index contributed by atoms with van der Waals surface area (Å²) in [7, 11) is -2.51. The maximum atomic E-state index is 12.8. The summed E-state index contributed by atoms with van der Waals surface area (Å²) >= 11 is 0. The minimum Gasteiger partial charge on any atom is -0.421 e. The average Bonchev–Trinajstić information content (AvgIpc) is 2.66. The SMILES string of the molecule is Cn1c(=O)c2cc(S(=O)(=O)c3ccccc3)c(=O)oc2c2ccccc21. The largest absolute Gasteiger partial charge is 0.421 e. The van der Waals surface area contributed by atoms with Crippen molar-refractivity contribution in [3.63, 3.8) is 0 Å². The lowest BCUT2D eigenvalue weighted by Gasteiger charge is -2.09. The van der Waals surface area contributed by atoms with E-state index in [1.807, 2.05) is 0 Å². The minimum atomic E-state index is -4.10. The second kappa shape index (κ2) is 5.67. The molecule has 130 valence electrons. The number of hydrogen-bond acceptors (Lipinski definition) is 5. The van der Waals surface area contributed by atoms with Gasteiger partial charge in [0.1, 0.15) is 0 Å². The summed E-state index contributed by atoms with van der Waals surface area (Å²) in [6.45, 7) is 0. The van der Waals surface area contributed by atoms with Crippen molar-refractivity contribution in [2.24, 2.45) is 7.05 Å². The van der Waals surface area contributed by atoms with Gasteiger partial charge in [-0.15, -0.1) is 0 Å². The number of rotatable bonds is 2. The van der Waals surface area contributed by atoms with Crippen LogP contribution in [-0.4, -0.2) is 13.0 Å². The highest BCUT2D eigenvalue weighted by molar-refractivity contribution is 7.91. The van der Waals surface area contributed by atoms with Gasteiger partial charge in [0.15, 0.2) is 10.5 Å². The molecule has 0 radical (unpaired) electrons. The molecule has 0 aliphatic carbocycles. The number of nitrogens with zero attached hydrogens (tertiary/aromatic N) is 1. The molecule has 2 aromatic carbocycles. The number of aromatic nitrogens is 1. The van der Waals surface area contributed by atoms with Crippen molar-refractivity contribution >= 4 is 31.7 Å². The summed E-state index contributed by atoms with van der Waals surface area (Å²) in [6.07, 6.45) is 0. The Balaban J connectivity index is 2.14. The zero-order valence-electron chi connectivity index (χ0n) is 13.7. The van der Waals surface area contributed by atoms with Crippen molar-refractivity contribution in [2.45, 2.75) is 9.79 Å². The van der Waals surface area contributed by atoms with Gasteiger partial charge in [-0.2, -0.15) is 0 Å². The predicted molar refractivity (Wildman–Crippen MR) is 97.1 cm³/mol. The zero-order valence-corrected chi connectivity index (χ0v) is 14.5. The fraction of sp³-hybridized carbons (Fsp3) is 0.0526. The molecule has 2 aromatic heterocycles. The lowest BCUT2D eigenvalue weighted by atomic mass is 10.1. The Labute approximate surface area is 147 Å². The van der Waals surface area contributed by atoms with Crippen LogP contribution >= 0.6 is 0 Å². The molecule has 26 heavy (non-hydrogen) atoms. The highest BCUT2D eigenvalue weighted by Crippen LogP contribution is 2.25. The maximum Gasteiger partial charge on any atom is 0.355 e. The maximum absolute atomic E-state index is 12.8. The van der Waals surface area contributed by atoms with E-state index in [0.717, 1.165) is 6.07 Å². The first kappa shape index (κ1) is 16.3. The van der Waals surface area contributed by atoms with E-state index in [0.29, 0.717) is 10.9 Å². The average molecular weight is 367 g/mol. The van der Waals surface area contributed by atoms with Gasteiger partial charge in [0.2, 0.25) is 9.84 Å². The molecule has 0 saturated heterocycles. The van der Waals surface area contributed by atoms with Gasteiger partial charge in [0.25, 0.3) is 5.56 Å². The van der Waals surface area contributed by atoms with Crippen LogP contribution < -0.4 is 11.2 Å². The summed E-state index contributed by atoms with van der Waals surface area (Å²) < 4.78 is 32.3. The number of hydrogen-bond donors (Lipinski definition) is 0. The van der Waals surface area contributed by atoms with Crippen LogP contribution in [0, 0.1) is 0 Å². The van der Waals surface area contributed by atoms with Crippen LogP contribution in [0.4, 0.5) is 0 Å². The van der Waals surface area contributed by atoms with E-state index in [1.165, 1.54) is 16.7 Å². The second-order valence-corrected chi connectivity index (χ2v) is 7.76. The molecule has 2 heterocycles. The molecule has 0 spiro atoms. The molecular weight excluding hydrogens is 354 g/mol. The number of para-hydroxylation sites is 1. The van der Waals surface area contributed by atoms with Crippen LogP contribution in [0.2, 0.25) is 0 Å². The molecule has 0 aliphatic rings. The molecule has 0 amide bonds. The van der Waals surface area contributed by atoms with Crippen molar-refractivity contribution in [3.05, 3.63) is 81.4 Å². The van der Waals surface area contributed by atoms with Crippen molar-refractivity contribution in [1.29, 1.82) is 0 Å². The Morgan fingerprint density at radius 1 is 0.885 bits per heavy atom. The van der Waals surface area contributed by atoms with Crippen molar-refractivity contribution in [2.75, 3.05) is 0 Å². The van der Waals surface area contributed by atoms with Crippen molar-refractivity contribution in [3.8, 4) is 0 Å². The third kappa shape index (κ3) is 2.28. The molecule has 0 N–H and O–H groups in total. The first-order valence-corrected chi connectivity index (χ1v) is 9.25. The number of pyridine rings is 1. The Bertz CT molecular complexity index is 1380. The van der Waals surface area contributed by atoms with E-state index in [9.17, 15) is 18.0 Å². The number of benzene rings is 2. The van der Waals surface area contributed by atoms with Gasteiger partial charge >= 0.3 is 5.63 Å². The molecule has 0 saturated carbocycles. The van der Waals surface area contributed by atoms with Gasteiger partial charge in [0, 0.05) is 12.4 Å². The third-order valence-corrected chi connectivity index (χ3v) is 6.06. The lowest BCUT2D eigenvalue weighted by molar-refractivity contribution is 0.534. The molecule has 0 fully saturated rings. The summed E-state index contributed by atoms with van der Waals surface area (Å²) in [5.41, 5.74) is -0.765. The van der Waals surface area contributed by atoms with E-state index in [-0.39, 0.29) is 15.9 Å². The molecule has 4 aromatic rings. The third-order valence-electron chi connectivity index (χ3n) is 4.30. The van der Waals surface area contributed by atoms with Gasteiger partial charge in [-0.3, -0.25) is 4.79 Å². The minimum absolute atomic E-state index is 0.0377. The standard InChI is InChI=1S/C19H13NO5S/c1-20-15-10-6-5-9-13(15)17-14(18(20)21)11-16(19(22)25-17)26(23,24)12-7-3-2-4-8-12/h2-11H,1H3. The van der Waals surface area contributed by atoms with Gasteiger partial charge in [-0.25, -0.2) is 13.2 Å². The van der Waals surface area contributed by atoms with Crippen LogP contribution in [0.5, 0.6) is 0 Å². The van der Waals surface area contributed by atoms with Gasteiger partial charge in [0.05, 0.1) is 15.8 Å². The van der Waals surface area contributed by atoms with Crippen LogP contribution in [0.3, 0.4) is 0 Å². The monoisotopic (exact) mass is 367 g/mol. The molecule has 0 atom stereocenters. The molecule has 0 unspecified atom stereocenters. The van der Waals surface area contributed by atoms with Gasteiger partial charge in [-0.05, 0) is 30.3 Å². The molecule has 7 heteroatoms. The zero-order chi connectivity index (χ0) is 18.5. The molecular formula is C19H13NO5S. The highest BCUT2D eigenvalue weighted by atomic mass is 32.2. The quantitative estimate of drug-likeness (QED) is 0.508. The van der Waals surface area contributed by atoms with Crippen molar-refractivity contribution < 1.29 is 12.8 Å². The van der Waals surface area contributed by atoms with Crippen LogP contribution in [0.25, 0.3) is 21.9 Å². The van der Waals surface area contributed by atoms with Crippen LogP contribution in [-0.2, 0) is 16.9 Å². The van der Waals surface area contributed by atoms with Gasteiger partial charge < -0.3 is 8.98 Å². The van der Waals surface area contributed by atoms with E-state index in [4.69, 9.17) is 4.42 Å². The summed E-state index contributed by atoms with van der Waals surface area (Å²) in [5, 5.41) is 0.602. The lowest BCUT2D eigenvalue weighted by Crippen LogP contribution is -2.21.